The van der Waals surface area contributed by atoms with E-state index in [2.05, 4.69) is 19.9 Å². The number of aromatic nitrogens is 2. The van der Waals surface area contributed by atoms with E-state index in [4.69, 9.17) is 22.1 Å². The molecule has 9 nitrogen and oxygen atoms in total. The third-order valence-electron chi connectivity index (χ3n) is 2.74. The number of amides is 1. The molecule has 0 spiro atoms. The van der Waals surface area contributed by atoms with Crippen LogP contribution in [-0.4, -0.2) is 33.9 Å². The van der Waals surface area contributed by atoms with Crippen molar-refractivity contribution in [2.24, 2.45) is 10.7 Å². The highest BCUT2D eigenvalue weighted by molar-refractivity contribution is 6.31. The largest absolute Gasteiger partial charge is 0.474 e. The fourth-order valence-electron chi connectivity index (χ4n) is 1.65. The summed E-state index contributed by atoms with van der Waals surface area (Å²) in [6.45, 7) is 0.130. The van der Waals surface area contributed by atoms with Crippen LogP contribution in [0.2, 0.25) is 5.02 Å². The summed E-state index contributed by atoms with van der Waals surface area (Å²) in [5, 5.41) is 16.2. The number of nitrogens with zero attached hydrogens (tertiary/aromatic N) is 3. The van der Waals surface area contributed by atoms with Gasteiger partial charge in [0, 0.05) is 6.42 Å². The summed E-state index contributed by atoms with van der Waals surface area (Å²) < 4.78 is 23.0. The number of aliphatic imine (C=N–C) groups is 1. The predicted octanol–water partition coefficient (Wildman–Crippen LogP) is 1.56. The third kappa shape index (κ3) is 4.64. The van der Waals surface area contributed by atoms with Crippen LogP contribution >= 0.6 is 11.6 Å². The molecule has 0 fully saturated rings. The van der Waals surface area contributed by atoms with Crippen molar-refractivity contribution in [3.63, 3.8) is 0 Å². The van der Waals surface area contributed by atoms with E-state index < -0.39 is 11.7 Å². The highest BCUT2D eigenvalue weighted by Gasteiger charge is 2.18. The van der Waals surface area contributed by atoms with Crippen molar-refractivity contribution in [1.29, 1.82) is 0 Å². The van der Waals surface area contributed by atoms with Gasteiger partial charge in [-0.3, -0.25) is 15.5 Å². The van der Waals surface area contributed by atoms with Crippen molar-refractivity contribution in [1.82, 2.24) is 15.8 Å². The molecule has 0 aliphatic heterocycles. The Bertz CT molecular complexity index is 752. The molecule has 4 N–H and O–H groups in total. The molecule has 1 aromatic heterocycles. The molecule has 0 aliphatic carbocycles. The van der Waals surface area contributed by atoms with Crippen LogP contribution in [0.1, 0.15) is 18.5 Å². The molecule has 128 valence electrons. The molecule has 1 heterocycles. The van der Waals surface area contributed by atoms with E-state index in [1.807, 2.05) is 5.48 Å². The second-order valence-electron chi connectivity index (χ2n) is 4.51. The van der Waals surface area contributed by atoms with Gasteiger partial charge >= 0.3 is 0 Å². The van der Waals surface area contributed by atoms with Gasteiger partial charge in [-0.1, -0.05) is 11.6 Å². The molecule has 1 aromatic carbocycles. The molecule has 0 aliphatic rings. The maximum Gasteiger partial charge on any atom is 0.287 e. The molecule has 24 heavy (non-hydrogen) atoms. The summed E-state index contributed by atoms with van der Waals surface area (Å²) in [7, 11) is 0. The van der Waals surface area contributed by atoms with E-state index >= 15 is 0 Å². The monoisotopic (exact) mass is 357 g/mol. The third-order valence-corrected chi connectivity index (χ3v) is 3.03. The quantitative estimate of drug-likeness (QED) is 0.296. The van der Waals surface area contributed by atoms with Gasteiger partial charge in [0.1, 0.15) is 5.82 Å². The Morgan fingerprint density at radius 1 is 1.50 bits per heavy atom. The number of nitrogens with one attached hydrogen (secondary N) is 1. The Labute approximate surface area is 140 Å². The first-order valence-electron chi connectivity index (χ1n) is 6.69. The van der Waals surface area contributed by atoms with Gasteiger partial charge in [-0.15, -0.1) is 0 Å². The lowest BCUT2D eigenvalue weighted by Gasteiger charge is -2.05. The van der Waals surface area contributed by atoms with Crippen LogP contribution in [0.5, 0.6) is 5.88 Å². The molecular weight excluding hydrogens is 345 g/mol. The lowest BCUT2D eigenvalue weighted by atomic mass is 10.3. The van der Waals surface area contributed by atoms with E-state index in [-0.39, 0.29) is 41.1 Å². The maximum atomic E-state index is 13.1. The Morgan fingerprint density at radius 2 is 2.29 bits per heavy atom. The first kappa shape index (κ1) is 17.6. The predicted molar refractivity (Wildman–Crippen MR) is 80.8 cm³/mol. The zero-order chi connectivity index (χ0) is 17.5. The van der Waals surface area contributed by atoms with Crippen LogP contribution < -0.4 is 16.0 Å². The van der Waals surface area contributed by atoms with Crippen LogP contribution in [0.15, 0.2) is 27.8 Å². The van der Waals surface area contributed by atoms with E-state index in [9.17, 15) is 14.4 Å². The van der Waals surface area contributed by atoms with Gasteiger partial charge < -0.3 is 10.5 Å². The summed E-state index contributed by atoms with van der Waals surface area (Å²) in [6, 6.07) is 3.73. The highest BCUT2D eigenvalue weighted by atomic mass is 35.5. The highest BCUT2D eigenvalue weighted by Crippen LogP contribution is 2.23. The standard InChI is InChI=1S/C13H13ClFN5O4/c14-8-6-7(3-4-9(8)15)17-12(18-22)11-13(20-24-19-11)23-5-1-2-10(16)21/h3-4,6,22H,1-2,5H2,(H2,16,21)(H,17,18). The number of halogens is 2. The molecule has 11 heteroatoms. The summed E-state index contributed by atoms with van der Waals surface area (Å²) in [6.07, 6.45) is 0.516. The van der Waals surface area contributed by atoms with E-state index in [0.29, 0.717) is 6.42 Å². The first-order chi connectivity index (χ1) is 11.5. The number of primary amides is 1. The van der Waals surface area contributed by atoms with Crippen molar-refractivity contribution < 1.29 is 23.8 Å². The van der Waals surface area contributed by atoms with Crippen molar-refractivity contribution in [3.8, 4) is 5.88 Å². The molecule has 1 amide bonds. The maximum absolute atomic E-state index is 13.1. The molecule has 2 aromatic rings. The van der Waals surface area contributed by atoms with E-state index in [0.717, 1.165) is 6.07 Å². The number of hydroxylamine groups is 1. The second kappa shape index (κ2) is 8.22. The lowest BCUT2D eigenvalue weighted by molar-refractivity contribution is -0.118. The minimum absolute atomic E-state index is 0.0166. The summed E-state index contributed by atoms with van der Waals surface area (Å²) in [5.41, 5.74) is 7.09. The van der Waals surface area contributed by atoms with Gasteiger partial charge in [0.15, 0.2) is 5.84 Å². The van der Waals surface area contributed by atoms with Crippen molar-refractivity contribution in [2.75, 3.05) is 6.61 Å². The molecule has 0 saturated carbocycles. The SMILES string of the molecule is NC(=O)CCCOc1nonc1C(=Nc1ccc(F)c(Cl)c1)NO. The fraction of sp³-hybridized carbons (Fsp3) is 0.231. The average molecular weight is 358 g/mol. The summed E-state index contributed by atoms with van der Waals surface area (Å²) >= 11 is 5.67. The van der Waals surface area contributed by atoms with Gasteiger partial charge in [0.25, 0.3) is 5.88 Å². The number of benzene rings is 1. The number of hydrogen-bond acceptors (Lipinski definition) is 7. The molecule has 0 radical (unpaired) electrons. The van der Waals surface area contributed by atoms with Crippen molar-refractivity contribution in [3.05, 3.63) is 34.7 Å². The zero-order valence-electron chi connectivity index (χ0n) is 12.2. The molecular formula is C13H13ClFN5O4. The molecule has 0 atom stereocenters. The van der Waals surface area contributed by atoms with Crippen LogP contribution in [0.4, 0.5) is 10.1 Å². The Balaban J connectivity index is 2.15. The van der Waals surface area contributed by atoms with Crippen molar-refractivity contribution in [2.45, 2.75) is 12.8 Å². The number of carbonyl (C=O) groups excluding carboxylic acids is 1. The molecule has 2 rings (SSSR count). The van der Waals surface area contributed by atoms with Crippen LogP contribution in [0, 0.1) is 5.82 Å². The Hall–Kier alpha value is -2.72. The summed E-state index contributed by atoms with van der Waals surface area (Å²) in [5.74, 6) is -1.25. The number of ether oxygens (including phenoxy) is 1. The van der Waals surface area contributed by atoms with Gasteiger partial charge in [-0.2, -0.15) is 0 Å². The van der Waals surface area contributed by atoms with Gasteiger partial charge in [0.05, 0.1) is 17.3 Å². The number of amidine groups is 1. The first-order valence-corrected chi connectivity index (χ1v) is 7.07. The van der Waals surface area contributed by atoms with Crippen LogP contribution in [-0.2, 0) is 4.79 Å². The summed E-state index contributed by atoms with van der Waals surface area (Å²) in [4.78, 5) is 14.7. The second-order valence-corrected chi connectivity index (χ2v) is 4.91. The minimum atomic E-state index is -0.601. The fourth-order valence-corrected chi connectivity index (χ4v) is 1.82. The zero-order valence-corrected chi connectivity index (χ0v) is 13.0. The number of carbonyl (C=O) groups is 1. The molecule has 0 saturated heterocycles. The van der Waals surface area contributed by atoms with E-state index in [1.54, 1.807) is 0 Å². The smallest absolute Gasteiger partial charge is 0.287 e. The number of nitrogens with two attached hydrogens (primary N) is 1. The minimum Gasteiger partial charge on any atom is -0.474 e. The van der Waals surface area contributed by atoms with Crippen LogP contribution in [0.25, 0.3) is 0 Å². The van der Waals surface area contributed by atoms with Crippen LogP contribution in [0.3, 0.4) is 0 Å². The molecule has 0 unspecified atom stereocenters. The molecule has 0 bridgehead atoms. The van der Waals surface area contributed by atoms with Gasteiger partial charge in [0.2, 0.25) is 11.6 Å². The normalized spacial score (nSPS) is 11.4. The Morgan fingerprint density at radius 3 is 2.96 bits per heavy atom. The van der Waals surface area contributed by atoms with Gasteiger partial charge in [-0.05, 0) is 34.9 Å². The Kier molecular flexibility index (Phi) is 6.04. The van der Waals surface area contributed by atoms with Crippen molar-refractivity contribution >= 4 is 29.0 Å². The average Bonchev–Trinajstić information content (AvgIpc) is 3.00. The lowest BCUT2D eigenvalue weighted by Crippen LogP contribution is -2.21. The number of hydrogen-bond donors (Lipinski definition) is 3. The number of rotatable bonds is 7. The topological polar surface area (TPSA) is 136 Å². The van der Waals surface area contributed by atoms with E-state index in [1.165, 1.54) is 12.1 Å². The van der Waals surface area contributed by atoms with Gasteiger partial charge in [-0.25, -0.2) is 14.0 Å².